The molecule has 1 N–H and O–H groups in total. The maximum absolute atomic E-state index is 11.7. The Morgan fingerprint density at radius 2 is 2.43 bits per heavy atom. The molecule has 14 heavy (non-hydrogen) atoms. The van der Waals surface area contributed by atoms with Crippen LogP contribution in [-0.4, -0.2) is 35.1 Å². The third-order valence-corrected chi connectivity index (χ3v) is 2.92. The molecule has 3 unspecified atom stereocenters. The summed E-state index contributed by atoms with van der Waals surface area (Å²) in [5.41, 5.74) is 0. The summed E-state index contributed by atoms with van der Waals surface area (Å²) in [5.74, 6) is -0.430. The van der Waals surface area contributed by atoms with Crippen LogP contribution in [0.5, 0.6) is 0 Å². The summed E-state index contributed by atoms with van der Waals surface area (Å²) < 4.78 is 0. The van der Waals surface area contributed by atoms with Crippen LogP contribution in [0.1, 0.15) is 20.3 Å². The van der Waals surface area contributed by atoms with E-state index >= 15 is 0 Å². The van der Waals surface area contributed by atoms with Gasteiger partial charge < -0.3 is 10.0 Å². The molecule has 4 heteroatoms. The molecule has 0 aromatic heterocycles. The van der Waals surface area contributed by atoms with Crippen LogP contribution in [0.3, 0.4) is 0 Å². The van der Waals surface area contributed by atoms with Gasteiger partial charge >= 0.3 is 0 Å². The van der Waals surface area contributed by atoms with Crippen molar-refractivity contribution in [1.29, 1.82) is 5.26 Å². The van der Waals surface area contributed by atoms with E-state index in [0.29, 0.717) is 12.5 Å². The molecular weight excluding hydrogens is 180 g/mol. The van der Waals surface area contributed by atoms with Crippen LogP contribution < -0.4 is 0 Å². The average Bonchev–Trinajstić information content (AvgIpc) is 2.57. The zero-order valence-corrected chi connectivity index (χ0v) is 8.60. The van der Waals surface area contributed by atoms with Crippen molar-refractivity contribution >= 4 is 5.91 Å². The van der Waals surface area contributed by atoms with E-state index in [1.54, 1.807) is 11.8 Å². The van der Waals surface area contributed by atoms with Crippen molar-refractivity contribution in [3.63, 3.8) is 0 Å². The van der Waals surface area contributed by atoms with Crippen LogP contribution in [0.25, 0.3) is 0 Å². The number of hydrogen-bond acceptors (Lipinski definition) is 3. The van der Waals surface area contributed by atoms with Gasteiger partial charge in [0.05, 0.1) is 18.7 Å². The number of aliphatic hydroxyl groups is 1. The Bertz CT molecular complexity index is 259. The van der Waals surface area contributed by atoms with Crippen LogP contribution in [-0.2, 0) is 4.79 Å². The lowest BCUT2D eigenvalue weighted by molar-refractivity contribution is -0.135. The van der Waals surface area contributed by atoms with Crippen molar-refractivity contribution in [3.05, 3.63) is 0 Å². The van der Waals surface area contributed by atoms with Gasteiger partial charge in [0.25, 0.3) is 0 Å². The van der Waals surface area contributed by atoms with Crippen molar-refractivity contribution in [2.45, 2.75) is 26.3 Å². The molecule has 1 aliphatic rings. The van der Waals surface area contributed by atoms with Crippen LogP contribution >= 0.6 is 0 Å². The van der Waals surface area contributed by atoms with Gasteiger partial charge in [-0.2, -0.15) is 5.26 Å². The number of hydrogen-bond donors (Lipinski definition) is 1. The van der Waals surface area contributed by atoms with E-state index < -0.39 is 5.92 Å². The Morgan fingerprint density at radius 3 is 2.93 bits per heavy atom. The van der Waals surface area contributed by atoms with Crippen molar-refractivity contribution in [1.82, 2.24) is 4.90 Å². The van der Waals surface area contributed by atoms with Crippen LogP contribution in [0.15, 0.2) is 0 Å². The second-order valence-electron chi connectivity index (χ2n) is 3.90. The van der Waals surface area contributed by atoms with E-state index in [4.69, 9.17) is 10.4 Å². The number of carbonyl (C=O) groups excluding carboxylic acids is 1. The minimum absolute atomic E-state index is 0.00887. The lowest BCUT2D eigenvalue weighted by Gasteiger charge is -2.25. The Hall–Kier alpha value is -1.08. The van der Waals surface area contributed by atoms with Crippen LogP contribution in [0.4, 0.5) is 0 Å². The van der Waals surface area contributed by atoms with Crippen molar-refractivity contribution in [2.24, 2.45) is 11.8 Å². The molecule has 1 fully saturated rings. The second-order valence-corrected chi connectivity index (χ2v) is 3.90. The molecule has 1 rings (SSSR count). The number of amides is 1. The van der Waals surface area contributed by atoms with Gasteiger partial charge in [-0.25, -0.2) is 0 Å². The first-order valence-corrected chi connectivity index (χ1v) is 4.92. The lowest BCUT2D eigenvalue weighted by Crippen LogP contribution is -2.42. The fourth-order valence-corrected chi connectivity index (χ4v) is 1.86. The minimum atomic E-state index is -0.602. The Balaban J connectivity index is 2.70. The monoisotopic (exact) mass is 196 g/mol. The highest BCUT2D eigenvalue weighted by atomic mass is 16.3. The van der Waals surface area contributed by atoms with Gasteiger partial charge in [-0.3, -0.25) is 4.79 Å². The normalized spacial score (nSPS) is 28.6. The topological polar surface area (TPSA) is 64.3 Å². The highest BCUT2D eigenvalue weighted by Gasteiger charge is 2.35. The SMILES string of the molecule is CC(C#N)C(=O)N1CCC(C)C1CO. The summed E-state index contributed by atoms with van der Waals surface area (Å²) in [4.78, 5) is 13.3. The van der Waals surface area contributed by atoms with E-state index in [2.05, 4.69) is 0 Å². The van der Waals surface area contributed by atoms with Crippen molar-refractivity contribution in [3.8, 4) is 6.07 Å². The van der Waals surface area contributed by atoms with Gasteiger partial charge in [0.1, 0.15) is 5.92 Å². The van der Waals surface area contributed by atoms with Crippen molar-refractivity contribution in [2.75, 3.05) is 13.2 Å². The predicted octanol–water partition coefficient (Wildman–Crippen LogP) is 0.375. The molecule has 0 spiro atoms. The molecule has 1 saturated heterocycles. The maximum atomic E-state index is 11.7. The van der Waals surface area contributed by atoms with Crippen molar-refractivity contribution < 1.29 is 9.90 Å². The first kappa shape index (κ1) is 11.0. The van der Waals surface area contributed by atoms with Gasteiger partial charge in [0.15, 0.2) is 0 Å². The molecule has 78 valence electrons. The summed E-state index contributed by atoms with van der Waals surface area (Å²) in [5, 5.41) is 17.8. The summed E-state index contributed by atoms with van der Waals surface area (Å²) in [6.45, 7) is 4.27. The summed E-state index contributed by atoms with van der Waals surface area (Å²) in [6, 6.07) is 1.83. The third-order valence-electron chi connectivity index (χ3n) is 2.92. The Kier molecular flexibility index (Phi) is 3.48. The van der Waals surface area contributed by atoms with Gasteiger partial charge in [-0.15, -0.1) is 0 Å². The smallest absolute Gasteiger partial charge is 0.239 e. The number of nitrogens with zero attached hydrogens (tertiary/aromatic N) is 2. The highest BCUT2D eigenvalue weighted by Crippen LogP contribution is 2.24. The molecule has 3 atom stereocenters. The molecular formula is C10H16N2O2. The van der Waals surface area contributed by atoms with Gasteiger partial charge in [0, 0.05) is 6.54 Å². The molecule has 0 radical (unpaired) electrons. The van der Waals surface area contributed by atoms with Crippen LogP contribution in [0.2, 0.25) is 0 Å². The number of aliphatic hydroxyl groups excluding tert-OH is 1. The number of likely N-dealkylation sites (tertiary alicyclic amines) is 1. The molecule has 0 aliphatic carbocycles. The van der Waals surface area contributed by atoms with Gasteiger partial charge in [0.2, 0.25) is 5.91 Å². The highest BCUT2D eigenvalue weighted by molar-refractivity contribution is 5.81. The molecule has 0 bridgehead atoms. The zero-order valence-electron chi connectivity index (χ0n) is 8.60. The van der Waals surface area contributed by atoms with Gasteiger partial charge in [-0.05, 0) is 19.3 Å². The fourth-order valence-electron chi connectivity index (χ4n) is 1.86. The predicted molar refractivity (Wildman–Crippen MR) is 51.1 cm³/mol. The summed E-state index contributed by atoms with van der Waals surface area (Å²) in [7, 11) is 0. The minimum Gasteiger partial charge on any atom is -0.394 e. The molecule has 1 aliphatic heterocycles. The van der Waals surface area contributed by atoms with E-state index in [1.165, 1.54) is 0 Å². The second kappa shape index (κ2) is 4.43. The van der Waals surface area contributed by atoms with E-state index in [-0.39, 0.29) is 18.6 Å². The average molecular weight is 196 g/mol. The van der Waals surface area contributed by atoms with Gasteiger partial charge in [-0.1, -0.05) is 6.92 Å². The van der Waals surface area contributed by atoms with E-state index in [9.17, 15) is 4.79 Å². The first-order chi connectivity index (χ1) is 6.61. The van der Waals surface area contributed by atoms with E-state index in [1.807, 2.05) is 13.0 Å². The van der Waals surface area contributed by atoms with E-state index in [0.717, 1.165) is 6.42 Å². The number of carbonyl (C=O) groups is 1. The Labute approximate surface area is 84.1 Å². The quantitative estimate of drug-likeness (QED) is 0.694. The largest absolute Gasteiger partial charge is 0.394 e. The third kappa shape index (κ3) is 1.88. The lowest BCUT2D eigenvalue weighted by atomic mass is 10.0. The Morgan fingerprint density at radius 1 is 1.79 bits per heavy atom. The van der Waals surface area contributed by atoms with Crippen LogP contribution in [0, 0.1) is 23.2 Å². The molecule has 0 aromatic rings. The standard InChI is InChI=1S/C10H16N2O2/c1-7-3-4-12(9(7)6-13)10(14)8(2)5-11/h7-9,13H,3-4,6H2,1-2H3. The number of rotatable bonds is 2. The molecule has 4 nitrogen and oxygen atoms in total. The number of nitriles is 1. The summed E-state index contributed by atoms with van der Waals surface area (Å²) in [6.07, 6.45) is 0.912. The maximum Gasteiger partial charge on any atom is 0.239 e. The zero-order chi connectivity index (χ0) is 10.7. The fraction of sp³-hybridized carbons (Fsp3) is 0.800. The molecule has 1 heterocycles. The first-order valence-electron chi connectivity index (χ1n) is 4.92. The molecule has 0 saturated carbocycles. The summed E-state index contributed by atoms with van der Waals surface area (Å²) >= 11 is 0. The molecule has 1 amide bonds. The molecule has 0 aromatic carbocycles.